The van der Waals surface area contributed by atoms with E-state index in [9.17, 15) is 4.79 Å². The standard InChI is InChI=1S/C32H36ClN5O5.C25H29ClN4O4/c1-21-13-27(37(2)36-21)28(39)14-22-5-6-23(15-25(22)33)43-31-24-16-29(40-3)30(17-26(24)34-20-35-31)42-12-4-9-38-10-7-32(8-11-38)18-41-19-32;1-31-22-12-18-21(28-16-29-24(18)34-17-3-4-20(27)19(26)11-17)13-23(22)33-10-2-7-30-8-5-25(6-9-30)14-32-15-25/h5-6,13,15-17,20H,4,7-12,14,18-19H2,1-3H3;3-4,11-13,16H,2,5-10,14-15,27H2,1H3. The molecular formula is C57H65Cl2N9O9. The van der Waals surface area contributed by atoms with E-state index in [4.69, 9.17) is 66.8 Å². The number of anilines is 1. The minimum absolute atomic E-state index is 0.0607. The summed E-state index contributed by atoms with van der Waals surface area (Å²) in [5.74, 6) is 4.19. The van der Waals surface area contributed by atoms with Crippen molar-refractivity contribution in [1.82, 2.24) is 39.5 Å². The van der Waals surface area contributed by atoms with E-state index in [2.05, 4.69) is 34.8 Å². The lowest BCUT2D eigenvalue weighted by Gasteiger charge is -2.47. The number of aromatic nitrogens is 6. The van der Waals surface area contributed by atoms with Crippen LogP contribution in [0.15, 0.2) is 79.4 Å². The maximum Gasteiger partial charge on any atom is 0.230 e. The average Bonchev–Trinajstić information content (AvgIpc) is 3.77. The molecule has 0 bridgehead atoms. The Morgan fingerprint density at radius 3 is 1.57 bits per heavy atom. The van der Waals surface area contributed by atoms with Gasteiger partial charge in [-0.25, -0.2) is 19.9 Å². The third-order valence-electron chi connectivity index (χ3n) is 15.1. The van der Waals surface area contributed by atoms with Crippen LogP contribution in [0.4, 0.5) is 5.69 Å². The van der Waals surface area contributed by atoms with Crippen LogP contribution in [0.5, 0.6) is 46.3 Å². The molecule has 4 aromatic carbocycles. The molecule has 7 heterocycles. The molecular weight excluding hydrogens is 1030 g/mol. The van der Waals surface area contributed by atoms with Crippen LogP contribution in [-0.2, 0) is 22.9 Å². The zero-order chi connectivity index (χ0) is 53.5. The van der Waals surface area contributed by atoms with E-state index in [0.717, 1.165) is 84.2 Å². The molecule has 3 aromatic heterocycles. The van der Waals surface area contributed by atoms with Crippen molar-refractivity contribution in [2.45, 2.75) is 51.9 Å². The number of rotatable bonds is 19. The molecule has 406 valence electrons. The van der Waals surface area contributed by atoms with Gasteiger partial charge in [-0.05, 0) is 120 Å². The maximum atomic E-state index is 12.8. The topological polar surface area (TPSA) is 193 Å². The van der Waals surface area contributed by atoms with Gasteiger partial charge in [0.25, 0.3) is 0 Å². The highest BCUT2D eigenvalue weighted by atomic mass is 35.5. The van der Waals surface area contributed by atoms with Crippen molar-refractivity contribution in [3.8, 4) is 46.3 Å². The number of halogens is 2. The number of nitrogens with zero attached hydrogens (tertiary/aromatic N) is 8. The number of nitrogen functional groups attached to an aromatic ring is 1. The first kappa shape index (κ1) is 53.8. The molecule has 7 aromatic rings. The van der Waals surface area contributed by atoms with Gasteiger partial charge in [0.05, 0.1) is 92.1 Å². The highest BCUT2D eigenvalue weighted by Crippen LogP contribution is 2.41. The highest BCUT2D eigenvalue weighted by Gasteiger charge is 2.42. The minimum Gasteiger partial charge on any atom is -0.493 e. The van der Waals surface area contributed by atoms with E-state index in [0.29, 0.717) is 119 Å². The van der Waals surface area contributed by atoms with E-state index in [1.807, 2.05) is 31.2 Å². The zero-order valence-electron chi connectivity index (χ0n) is 44.0. The fourth-order valence-corrected chi connectivity index (χ4v) is 10.7. The van der Waals surface area contributed by atoms with Gasteiger partial charge in [-0.15, -0.1) is 0 Å². The number of ketones is 1. The van der Waals surface area contributed by atoms with Gasteiger partial charge in [-0.2, -0.15) is 5.10 Å². The second-order valence-electron chi connectivity index (χ2n) is 20.5. The number of hydrogen-bond donors (Lipinski definition) is 1. The second-order valence-corrected chi connectivity index (χ2v) is 21.3. The van der Waals surface area contributed by atoms with Crippen LogP contribution in [0.3, 0.4) is 0 Å². The average molecular weight is 1090 g/mol. The Kier molecular flexibility index (Phi) is 16.8. The number of ether oxygens (including phenoxy) is 8. The number of hydrogen-bond acceptors (Lipinski definition) is 17. The number of piperidine rings is 2. The van der Waals surface area contributed by atoms with Gasteiger partial charge in [0.2, 0.25) is 11.8 Å². The van der Waals surface area contributed by atoms with Gasteiger partial charge in [-0.1, -0.05) is 29.3 Å². The molecule has 0 unspecified atom stereocenters. The van der Waals surface area contributed by atoms with Crippen molar-refractivity contribution < 1.29 is 42.7 Å². The summed E-state index contributed by atoms with van der Waals surface area (Å²) in [5, 5.41) is 6.49. The lowest BCUT2D eigenvalue weighted by Crippen LogP contribution is -2.51. The van der Waals surface area contributed by atoms with Crippen molar-refractivity contribution in [3.05, 3.63) is 106 Å². The van der Waals surface area contributed by atoms with Crippen molar-refractivity contribution in [2.24, 2.45) is 17.9 Å². The molecule has 0 atom stereocenters. The number of nitrogens with two attached hydrogens (primary N) is 1. The summed E-state index contributed by atoms with van der Waals surface area (Å²) in [4.78, 5) is 35.3. The van der Waals surface area contributed by atoms with Gasteiger partial charge >= 0.3 is 0 Å². The van der Waals surface area contributed by atoms with E-state index < -0.39 is 0 Å². The van der Waals surface area contributed by atoms with E-state index in [1.165, 1.54) is 38.3 Å². The molecule has 0 amide bonds. The van der Waals surface area contributed by atoms with Gasteiger partial charge in [-0.3, -0.25) is 9.48 Å². The largest absolute Gasteiger partial charge is 0.493 e. The third-order valence-corrected chi connectivity index (χ3v) is 15.7. The fraction of sp³-hybridized carbons (Fsp3) is 0.439. The van der Waals surface area contributed by atoms with Crippen molar-refractivity contribution in [2.75, 3.05) is 98.9 Å². The molecule has 18 nitrogen and oxygen atoms in total. The quantitative estimate of drug-likeness (QED) is 0.0456. The van der Waals surface area contributed by atoms with Gasteiger partial charge < -0.3 is 53.4 Å². The molecule has 77 heavy (non-hydrogen) atoms. The molecule has 4 fully saturated rings. The van der Waals surface area contributed by atoms with Crippen molar-refractivity contribution >= 4 is 56.5 Å². The van der Waals surface area contributed by atoms with Crippen LogP contribution in [-0.4, -0.2) is 138 Å². The highest BCUT2D eigenvalue weighted by molar-refractivity contribution is 6.33. The van der Waals surface area contributed by atoms with E-state index in [1.54, 1.807) is 68.4 Å². The fourth-order valence-electron chi connectivity index (χ4n) is 10.3. The molecule has 4 aliphatic heterocycles. The molecule has 4 saturated heterocycles. The number of methoxy groups -OCH3 is 2. The first-order valence-electron chi connectivity index (χ1n) is 26.1. The molecule has 20 heteroatoms. The minimum atomic E-state index is -0.0607. The Bertz CT molecular complexity index is 3210. The summed E-state index contributed by atoms with van der Waals surface area (Å²) in [6, 6.07) is 19.5. The van der Waals surface area contributed by atoms with Crippen LogP contribution in [0.25, 0.3) is 21.8 Å². The number of fused-ring (bicyclic) bond motifs is 2. The molecule has 0 aliphatic carbocycles. The number of likely N-dealkylation sites (tertiary alicyclic amines) is 2. The zero-order valence-corrected chi connectivity index (χ0v) is 45.5. The molecule has 4 aliphatic rings. The first-order valence-corrected chi connectivity index (χ1v) is 26.9. The second kappa shape index (κ2) is 24.0. The lowest BCUT2D eigenvalue weighted by molar-refractivity contribution is -0.139. The van der Waals surface area contributed by atoms with Crippen LogP contribution in [0.1, 0.15) is 60.3 Å². The molecule has 0 saturated carbocycles. The monoisotopic (exact) mass is 1090 g/mol. The van der Waals surface area contributed by atoms with Crippen molar-refractivity contribution in [1.29, 1.82) is 0 Å². The molecule has 2 N–H and O–H groups in total. The number of Topliss-reactive ketones (excluding diaryl/α,β-unsaturated/α-hetero) is 1. The van der Waals surface area contributed by atoms with Gasteiger partial charge in [0, 0.05) is 60.6 Å². The number of benzene rings is 4. The number of carbonyl (C=O) groups excluding carboxylic acids is 1. The Labute approximate surface area is 458 Å². The van der Waals surface area contributed by atoms with Gasteiger partial charge in [0.15, 0.2) is 28.8 Å². The summed E-state index contributed by atoms with van der Waals surface area (Å²) in [6.07, 6.45) is 9.85. The summed E-state index contributed by atoms with van der Waals surface area (Å²) in [6.45, 7) is 13.3. The van der Waals surface area contributed by atoms with Crippen LogP contribution in [0.2, 0.25) is 10.0 Å². The first-order chi connectivity index (χ1) is 37.4. The SMILES string of the molecule is COc1cc2c(Oc3ccc(CC(=O)c4cc(C)nn4C)c(Cl)c3)ncnc2cc1OCCCN1CCC2(CC1)COC2.COc1cc2c(Oc3ccc(N)c(Cl)c3)ncnc2cc1OCCCN1CCC2(CC1)COC2. The van der Waals surface area contributed by atoms with Crippen molar-refractivity contribution in [3.63, 3.8) is 0 Å². The van der Waals surface area contributed by atoms with Crippen LogP contribution in [0, 0.1) is 17.8 Å². The summed E-state index contributed by atoms with van der Waals surface area (Å²) < 4.78 is 48.0. The summed E-state index contributed by atoms with van der Waals surface area (Å²) in [5.41, 5.74) is 10.6. The smallest absolute Gasteiger partial charge is 0.230 e. The number of aryl methyl sites for hydroxylation is 2. The Balaban J connectivity index is 0.000000179. The molecule has 11 rings (SSSR count). The van der Waals surface area contributed by atoms with Crippen LogP contribution < -0.4 is 34.2 Å². The van der Waals surface area contributed by atoms with E-state index in [-0.39, 0.29) is 12.2 Å². The summed E-state index contributed by atoms with van der Waals surface area (Å²) in [7, 11) is 4.98. The number of carbonyl (C=O) groups is 1. The lowest BCUT2D eigenvalue weighted by atomic mass is 9.77. The molecule has 0 radical (unpaired) electrons. The summed E-state index contributed by atoms with van der Waals surface area (Å²) >= 11 is 12.7. The predicted octanol–water partition coefficient (Wildman–Crippen LogP) is 9.98. The predicted molar refractivity (Wildman–Crippen MR) is 294 cm³/mol. The normalized spacial score (nSPS) is 16.8. The van der Waals surface area contributed by atoms with Gasteiger partial charge in [0.1, 0.15) is 29.8 Å². The molecule has 2 spiro atoms. The van der Waals surface area contributed by atoms with E-state index >= 15 is 0 Å². The Hall–Kier alpha value is -6.54. The Morgan fingerprint density at radius 2 is 1.14 bits per heavy atom. The maximum absolute atomic E-state index is 12.8. The van der Waals surface area contributed by atoms with Crippen LogP contribution >= 0.6 is 23.2 Å². The third kappa shape index (κ3) is 12.7. The Morgan fingerprint density at radius 1 is 0.649 bits per heavy atom.